The molecule has 17 nitrogen and oxygen atoms in total. The van der Waals surface area contributed by atoms with Crippen molar-refractivity contribution in [2.75, 3.05) is 48.3 Å². The standard InChI is InChI=1S/C41H76N2O15/c1-15-29-41(10,49)34(45)24(4)31(42-53-21-52-17-16-50-13)22(2)19-39(8,48)36(58-38-32(44)28(43(11)12)18-23(3)54-38)25(5)33(26(6)37(47)56-29)57-30-20-40(9,51-14)35(46)27(7)55-30/h22-30,32-36,38,44-46,48-49H,15-21H2,1-14H3/b42-31+/t22-,23-,24+,25-,26-,27+,28+,29-,30+,32-,33+,34+,35+,36-,38+,39-,40-,41-/m1/s1. The molecule has 17 heteroatoms. The second-order valence-electron chi connectivity index (χ2n) is 17.7. The monoisotopic (exact) mass is 837 g/mol. The Bertz CT molecular complexity index is 1300. The number of carbonyl (C=O) groups is 1. The Morgan fingerprint density at radius 2 is 1.55 bits per heavy atom. The highest BCUT2D eigenvalue weighted by atomic mass is 16.7. The Labute approximate surface area is 345 Å². The van der Waals surface area contributed by atoms with Crippen LogP contribution in [0.15, 0.2) is 5.16 Å². The van der Waals surface area contributed by atoms with Crippen molar-refractivity contribution in [3.05, 3.63) is 0 Å². The van der Waals surface area contributed by atoms with E-state index < -0.39 is 102 Å². The van der Waals surface area contributed by atoms with Gasteiger partial charge in [-0.2, -0.15) is 0 Å². The lowest BCUT2D eigenvalue weighted by Crippen LogP contribution is -2.61. The van der Waals surface area contributed by atoms with Crippen LogP contribution >= 0.6 is 0 Å². The molecule has 3 aliphatic rings. The maximum atomic E-state index is 14.3. The van der Waals surface area contributed by atoms with E-state index in [1.54, 1.807) is 55.6 Å². The summed E-state index contributed by atoms with van der Waals surface area (Å²) in [4.78, 5) is 21.8. The lowest BCUT2D eigenvalue weighted by molar-refractivity contribution is -0.317. The van der Waals surface area contributed by atoms with Crippen LogP contribution in [0.25, 0.3) is 0 Å². The molecule has 3 aliphatic heterocycles. The Morgan fingerprint density at radius 1 is 0.897 bits per heavy atom. The third-order valence-electron chi connectivity index (χ3n) is 12.6. The number of hydrogen-bond donors (Lipinski definition) is 5. The summed E-state index contributed by atoms with van der Waals surface area (Å²) >= 11 is 0. The highest BCUT2D eigenvalue weighted by Crippen LogP contribution is 2.41. The minimum Gasteiger partial charge on any atom is -0.459 e. The third kappa shape index (κ3) is 12.1. The zero-order valence-corrected chi connectivity index (χ0v) is 37.3. The first-order chi connectivity index (χ1) is 27.0. The molecule has 0 spiro atoms. The van der Waals surface area contributed by atoms with Gasteiger partial charge in [0, 0.05) is 44.4 Å². The molecule has 0 radical (unpaired) electrons. The van der Waals surface area contributed by atoms with Gasteiger partial charge < -0.3 is 73.2 Å². The van der Waals surface area contributed by atoms with E-state index in [2.05, 4.69) is 5.16 Å². The molecule has 0 unspecified atom stereocenters. The van der Waals surface area contributed by atoms with Gasteiger partial charge in [-0.05, 0) is 74.9 Å². The number of cyclic esters (lactones) is 1. The van der Waals surface area contributed by atoms with Gasteiger partial charge in [0.2, 0.25) is 6.79 Å². The molecular weight excluding hydrogens is 760 g/mol. The van der Waals surface area contributed by atoms with Crippen molar-refractivity contribution in [3.8, 4) is 0 Å². The highest BCUT2D eigenvalue weighted by Gasteiger charge is 2.53. The van der Waals surface area contributed by atoms with E-state index in [0.29, 0.717) is 18.7 Å². The first kappa shape index (κ1) is 50.8. The van der Waals surface area contributed by atoms with Gasteiger partial charge in [0.05, 0.1) is 66.6 Å². The van der Waals surface area contributed by atoms with Crippen molar-refractivity contribution in [1.82, 2.24) is 4.90 Å². The van der Waals surface area contributed by atoms with Crippen molar-refractivity contribution in [1.29, 1.82) is 0 Å². The topological polar surface area (TPSA) is 217 Å². The number of aliphatic hydroxyl groups excluding tert-OH is 3. The van der Waals surface area contributed by atoms with Crippen LogP contribution in [0.5, 0.6) is 0 Å². The molecule has 340 valence electrons. The number of hydrogen-bond acceptors (Lipinski definition) is 17. The molecule has 0 saturated carbocycles. The predicted molar refractivity (Wildman–Crippen MR) is 212 cm³/mol. The number of rotatable bonds is 13. The second-order valence-corrected chi connectivity index (χ2v) is 17.7. The zero-order valence-electron chi connectivity index (χ0n) is 37.3. The second kappa shape index (κ2) is 21.5. The molecule has 0 aromatic heterocycles. The van der Waals surface area contributed by atoms with Gasteiger partial charge in [-0.1, -0.05) is 32.9 Å². The van der Waals surface area contributed by atoms with Crippen molar-refractivity contribution < 1.29 is 73.1 Å². The molecule has 5 N–H and O–H groups in total. The Kier molecular flexibility index (Phi) is 18.8. The van der Waals surface area contributed by atoms with Crippen LogP contribution in [0.1, 0.15) is 94.9 Å². The molecule has 0 aromatic rings. The lowest BCUT2D eigenvalue weighted by Gasteiger charge is -2.49. The molecular formula is C41H76N2O15. The zero-order chi connectivity index (χ0) is 43.9. The summed E-state index contributed by atoms with van der Waals surface area (Å²) in [5.41, 5.74) is -4.49. The molecule has 3 fully saturated rings. The van der Waals surface area contributed by atoms with E-state index in [1.165, 1.54) is 14.0 Å². The fourth-order valence-electron chi connectivity index (χ4n) is 8.93. The van der Waals surface area contributed by atoms with Crippen LogP contribution in [0.2, 0.25) is 0 Å². The Morgan fingerprint density at radius 3 is 2.14 bits per heavy atom. The van der Waals surface area contributed by atoms with E-state index >= 15 is 0 Å². The molecule has 0 aliphatic carbocycles. The van der Waals surface area contributed by atoms with Gasteiger partial charge in [0.25, 0.3) is 0 Å². The summed E-state index contributed by atoms with van der Waals surface area (Å²) in [7, 11) is 6.76. The molecule has 3 heterocycles. The van der Waals surface area contributed by atoms with E-state index in [4.69, 9.17) is 42.7 Å². The number of likely N-dealkylation sites (N-methyl/N-ethyl adjacent to an activating group) is 1. The molecule has 3 rings (SSSR count). The summed E-state index contributed by atoms with van der Waals surface area (Å²) < 4.78 is 48.1. The van der Waals surface area contributed by atoms with Crippen LogP contribution in [0, 0.1) is 23.7 Å². The van der Waals surface area contributed by atoms with E-state index in [-0.39, 0.29) is 44.8 Å². The van der Waals surface area contributed by atoms with E-state index in [1.807, 2.05) is 32.8 Å². The van der Waals surface area contributed by atoms with Crippen molar-refractivity contribution in [2.24, 2.45) is 28.8 Å². The largest absolute Gasteiger partial charge is 0.459 e. The molecule has 0 bridgehead atoms. The molecule has 18 atom stereocenters. The SMILES string of the molecule is CC[C@H]1OC(=O)[C@H](C)[C@@H](O[C@H]2C[C@@](C)(OC)[C@@H](O)[C@H](C)O2)[C@@H](C)[C@@H](O[C@@H]2O[C@H](C)C[C@H](N(C)C)[C@H]2O)[C@](C)(O)C[C@@H](C)/C(=N\OCOCCOC)[C@H](C)[C@H](O)[C@]1(C)O. The van der Waals surface area contributed by atoms with Crippen molar-refractivity contribution >= 4 is 11.7 Å². The molecule has 58 heavy (non-hydrogen) atoms. The van der Waals surface area contributed by atoms with Gasteiger partial charge in [0.15, 0.2) is 12.6 Å². The quantitative estimate of drug-likeness (QED) is 0.0778. The minimum absolute atomic E-state index is 0.0307. The summed E-state index contributed by atoms with van der Waals surface area (Å²) in [5.74, 6) is -4.14. The normalized spacial score (nSPS) is 45.8. The summed E-state index contributed by atoms with van der Waals surface area (Å²) in [6.07, 6.45) is -9.49. The third-order valence-corrected chi connectivity index (χ3v) is 12.6. The van der Waals surface area contributed by atoms with Crippen LogP contribution in [-0.2, 0) is 47.5 Å². The number of esters is 1. The molecule has 0 amide bonds. The number of nitrogens with zero attached hydrogens (tertiary/aromatic N) is 2. The smallest absolute Gasteiger partial charge is 0.311 e. The van der Waals surface area contributed by atoms with Crippen LogP contribution in [-0.4, -0.2) is 175 Å². The number of oxime groups is 1. The predicted octanol–water partition coefficient (Wildman–Crippen LogP) is 2.21. The van der Waals surface area contributed by atoms with Gasteiger partial charge in [-0.15, -0.1) is 0 Å². The van der Waals surface area contributed by atoms with Crippen molar-refractivity contribution in [3.63, 3.8) is 0 Å². The number of aliphatic hydroxyl groups is 5. The fourth-order valence-corrected chi connectivity index (χ4v) is 8.93. The summed E-state index contributed by atoms with van der Waals surface area (Å²) in [6, 6.07) is -0.328. The van der Waals surface area contributed by atoms with Gasteiger partial charge >= 0.3 is 5.97 Å². The minimum atomic E-state index is -1.97. The average molecular weight is 837 g/mol. The summed E-state index contributed by atoms with van der Waals surface area (Å²) in [6.45, 7) is 17.3. The first-order valence-electron chi connectivity index (χ1n) is 20.8. The van der Waals surface area contributed by atoms with E-state index in [0.717, 1.165) is 0 Å². The summed E-state index contributed by atoms with van der Waals surface area (Å²) in [5, 5.41) is 63.6. The molecule has 3 saturated heterocycles. The Balaban J connectivity index is 2.22. The van der Waals surface area contributed by atoms with Crippen LogP contribution in [0.3, 0.4) is 0 Å². The van der Waals surface area contributed by atoms with E-state index in [9.17, 15) is 30.3 Å². The lowest BCUT2D eigenvalue weighted by atomic mass is 9.73. The van der Waals surface area contributed by atoms with Gasteiger partial charge in [-0.25, -0.2) is 0 Å². The van der Waals surface area contributed by atoms with Gasteiger partial charge in [-0.3, -0.25) is 4.79 Å². The Hall–Kier alpha value is -1.58. The maximum Gasteiger partial charge on any atom is 0.311 e. The molecule has 0 aromatic carbocycles. The van der Waals surface area contributed by atoms with Crippen molar-refractivity contribution in [2.45, 2.75) is 179 Å². The maximum absolute atomic E-state index is 14.3. The van der Waals surface area contributed by atoms with Gasteiger partial charge in [0.1, 0.15) is 23.9 Å². The highest BCUT2D eigenvalue weighted by molar-refractivity contribution is 5.88. The number of ether oxygens (including phenoxy) is 8. The fraction of sp³-hybridized carbons (Fsp3) is 0.951. The number of methoxy groups -OCH3 is 2. The average Bonchev–Trinajstić information content (AvgIpc) is 3.15. The van der Waals surface area contributed by atoms with Crippen LogP contribution < -0.4 is 0 Å². The van der Waals surface area contributed by atoms with Crippen LogP contribution in [0.4, 0.5) is 0 Å². The number of carbonyl (C=O) groups excluding carboxylic acids is 1. The first-order valence-corrected chi connectivity index (χ1v) is 20.8.